The lowest BCUT2D eigenvalue weighted by Crippen LogP contribution is -2.00. The molecule has 1 aromatic heterocycles. The number of esters is 1. The maximum atomic E-state index is 12.5. The molecule has 0 amide bonds. The summed E-state index contributed by atoms with van der Waals surface area (Å²) in [6.07, 6.45) is 5.61. The van der Waals surface area contributed by atoms with Gasteiger partial charge in [-0.25, -0.2) is 4.79 Å². The van der Waals surface area contributed by atoms with Gasteiger partial charge in [0.15, 0.2) is 0 Å². The van der Waals surface area contributed by atoms with Gasteiger partial charge in [0.2, 0.25) is 0 Å². The van der Waals surface area contributed by atoms with Crippen molar-refractivity contribution in [1.82, 2.24) is 4.57 Å². The van der Waals surface area contributed by atoms with Crippen molar-refractivity contribution in [3.8, 4) is 6.07 Å². The van der Waals surface area contributed by atoms with E-state index in [2.05, 4.69) is 10.6 Å². The van der Waals surface area contributed by atoms with E-state index in [-0.39, 0.29) is 5.97 Å². The molecule has 4 nitrogen and oxygen atoms in total. The molecule has 0 N–H and O–H groups in total. The first-order chi connectivity index (χ1) is 15.6. The van der Waals surface area contributed by atoms with Crippen molar-refractivity contribution in [2.75, 3.05) is 0 Å². The van der Waals surface area contributed by atoms with E-state index in [1.807, 2.05) is 72.9 Å². The lowest BCUT2D eigenvalue weighted by molar-refractivity contribution is -0.130. The highest BCUT2D eigenvalue weighted by molar-refractivity contribution is 6.30. The Morgan fingerprint density at radius 2 is 1.75 bits per heavy atom. The zero-order chi connectivity index (χ0) is 22.1. The van der Waals surface area contributed by atoms with Crippen LogP contribution in [0.15, 0.2) is 90.6 Å². The summed E-state index contributed by atoms with van der Waals surface area (Å²) in [5.41, 5.74) is 4.81. The zero-order valence-corrected chi connectivity index (χ0v) is 17.7. The van der Waals surface area contributed by atoms with E-state index in [0.717, 1.165) is 27.6 Å². The number of nitrogens with zero attached hydrogens (tertiary/aromatic N) is 2. The average molecular weight is 437 g/mol. The maximum absolute atomic E-state index is 12.5. The molecule has 3 aromatic carbocycles. The number of hydrogen-bond acceptors (Lipinski definition) is 3. The summed E-state index contributed by atoms with van der Waals surface area (Å²) in [5, 5.41) is 11.1. The van der Waals surface area contributed by atoms with E-state index in [9.17, 15) is 10.1 Å². The van der Waals surface area contributed by atoms with Gasteiger partial charge in [-0.1, -0.05) is 48.0 Å². The van der Waals surface area contributed by atoms with Crippen LogP contribution in [0.1, 0.15) is 22.3 Å². The van der Waals surface area contributed by atoms with Gasteiger partial charge in [0.25, 0.3) is 0 Å². The van der Waals surface area contributed by atoms with Gasteiger partial charge >= 0.3 is 5.97 Å². The molecule has 5 rings (SSSR count). The second-order valence-corrected chi connectivity index (χ2v) is 7.94. The van der Waals surface area contributed by atoms with Crippen LogP contribution in [-0.2, 0) is 16.1 Å². The van der Waals surface area contributed by atoms with Gasteiger partial charge in [-0.05, 0) is 54.1 Å². The number of carbonyl (C=O) groups is 1. The third-order valence-corrected chi connectivity index (χ3v) is 5.71. The van der Waals surface area contributed by atoms with Gasteiger partial charge in [0.05, 0.1) is 17.2 Å². The van der Waals surface area contributed by atoms with Crippen molar-refractivity contribution in [2.45, 2.75) is 6.54 Å². The van der Waals surface area contributed by atoms with E-state index in [4.69, 9.17) is 16.3 Å². The Bertz CT molecular complexity index is 1450. The topological polar surface area (TPSA) is 55.0 Å². The zero-order valence-electron chi connectivity index (χ0n) is 17.0. The van der Waals surface area contributed by atoms with Crippen LogP contribution in [0.4, 0.5) is 0 Å². The number of rotatable bonds is 4. The molecule has 154 valence electrons. The number of fused-ring (bicyclic) bond motifs is 1. The minimum Gasteiger partial charge on any atom is -0.422 e. The van der Waals surface area contributed by atoms with Gasteiger partial charge in [0.1, 0.15) is 5.76 Å². The fourth-order valence-electron chi connectivity index (χ4n) is 3.88. The molecule has 0 saturated heterocycles. The summed E-state index contributed by atoms with van der Waals surface area (Å²) in [5.74, 6) is 0.117. The first kappa shape index (κ1) is 19.9. The standard InChI is InChI=1S/C27H17ClN2O2/c28-23-11-9-18(10-12-23)26-14-21(27(31)32-26)13-22-17-30(25-8-4-3-7-24(22)25)16-20-6-2-1-5-19(20)15-29/h1-14,17H,16H2/b21-13+. The molecule has 1 aliphatic rings. The summed E-state index contributed by atoms with van der Waals surface area (Å²) in [4.78, 5) is 12.5. The second kappa shape index (κ2) is 8.22. The van der Waals surface area contributed by atoms with E-state index in [1.165, 1.54) is 0 Å². The van der Waals surface area contributed by atoms with Gasteiger partial charge in [-0.2, -0.15) is 5.26 Å². The van der Waals surface area contributed by atoms with E-state index in [0.29, 0.717) is 28.5 Å². The molecule has 0 bridgehead atoms. The summed E-state index contributed by atoms with van der Waals surface area (Å²) in [6.45, 7) is 0.559. The molecule has 0 unspecified atom stereocenters. The second-order valence-electron chi connectivity index (χ2n) is 7.50. The molecule has 32 heavy (non-hydrogen) atoms. The van der Waals surface area contributed by atoms with Crippen molar-refractivity contribution >= 4 is 40.3 Å². The highest BCUT2D eigenvalue weighted by Crippen LogP contribution is 2.31. The van der Waals surface area contributed by atoms with Gasteiger partial charge in [0, 0.05) is 39.8 Å². The van der Waals surface area contributed by atoms with Crippen molar-refractivity contribution in [3.63, 3.8) is 0 Å². The molecule has 0 radical (unpaired) electrons. The Labute approximate surface area is 190 Å². The van der Waals surface area contributed by atoms with Crippen LogP contribution in [0.2, 0.25) is 5.02 Å². The van der Waals surface area contributed by atoms with Crippen molar-refractivity contribution in [3.05, 3.63) is 118 Å². The lowest BCUT2D eigenvalue weighted by atomic mass is 10.1. The molecule has 4 aromatic rings. The Hall–Kier alpha value is -4.07. The quantitative estimate of drug-likeness (QED) is 0.283. The van der Waals surface area contributed by atoms with Crippen LogP contribution < -0.4 is 0 Å². The molecule has 0 spiro atoms. The Balaban J connectivity index is 1.55. The smallest absolute Gasteiger partial charge is 0.343 e. The Morgan fingerprint density at radius 1 is 1.00 bits per heavy atom. The first-order valence-electron chi connectivity index (χ1n) is 10.1. The van der Waals surface area contributed by atoms with Crippen LogP contribution in [0.25, 0.3) is 22.7 Å². The molecular formula is C27H17ClN2O2. The van der Waals surface area contributed by atoms with Crippen molar-refractivity contribution in [2.24, 2.45) is 0 Å². The molecule has 5 heteroatoms. The molecule has 0 saturated carbocycles. The van der Waals surface area contributed by atoms with Gasteiger partial charge in [-0.3, -0.25) is 0 Å². The van der Waals surface area contributed by atoms with Gasteiger partial charge < -0.3 is 9.30 Å². The van der Waals surface area contributed by atoms with Crippen molar-refractivity contribution < 1.29 is 9.53 Å². The van der Waals surface area contributed by atoms with E-state index >= 15 is 0 Å². The fourth-order valence-corrected chi connectivity index (χ4v) is 4.01. The number of cyclic esters (lactones) is 1. The number of hydrogen-bond donors (Lipinski definition) is 0. The number of para-hydroxylation sites is 1. The largest absolute Gasteiger partial charge is 0.422 e. The van der Waals surface area contributed by atoms with Crippen LogP contribution in [0.5, 0.6) is 0 Å². The minimum absolute atomic E-state index is 0.387. The third-order valence-electron chi connectivity index (χ3n) is 5.46. The number of halogens is 1. The van der Waals surface area contributed by atoms with Crippen molar-refractivity contribution in [1.29, 1.82) is 5.26 Å². The van der Waals surface area contributed by atoms with E-state index < -0.39 is 0 Å². The molecule has 1 aliphatic heterocycles. The summed E-state index contributed by atoms with van der Waals surface area (Å²) in [7, 11) is 0. The summed E-state index contributed by atoms with van der Waals surface area (Å²) < 4.78 is 7.58. The highest BCUT2D eigenvalue weighted by atomic mass is 35.5. The monoisotopic (exact) mass is 436 g/mol. The fraction of sp³-hybridized carbons (Fsp3) is 0.0370. The van der Waals surface area contributed by atoms with E-state index in [1.54, 1.807) is 18.2 Å². The highest BCUT2D eigenvalue weighted by Gasteiger charge is 2.22. The van der Waals surface area contributed by atoms with Crippen LogP contribution >= 0.6 is 11.6 Å². The molecule has 0 aliphatic carbocycles. The number of nitriles is 1. The molecule has 0 fully saturated rings. The number of benzene rings is 3. The Morgan fingerprint density at radius 3 is 2.56 bits per heavy atom. The summed E-state index contributed by atoms with van der Waals surface area (Å²) in [6, 6.07) is 25.0. The third kappa shape index (κ3) is 3.71. The predicted octanol–water partition coefficient (Wildman–Crippen LogP) is 6.20. The maximum Gasteiger partial charge on any atom is 0.343 e. The molecule has 2 heterocycles. The number of carbonyl (C=O) groups excluding carboxylic acids is 1. The number of ether oxygens (including phenoxy) is 1. The normalized spacial score (nSPS) is 14.4. The molecule has 0 atom stereocenters. The summed E-state index contributed by atoms with van der Waals surface area (Å²) >= 11 is 5.96. The predicted molar refractivity (Wildman–Crippen MR) is 126 cm³/mol. The minimum atomic E-state index is -0.387. The Kier molecular flexibility index (Phi) is 5.10. The van der Waals surface area contributed by atoms with Crippen LogP contribution in [0.3, 0.4) is 0 Å². The number of aromatic nitrogens is 1. The SMILES string of the molecule is N#Cc1ccccc1Cn1cc(/C=C2\C=C(c3ccc(Cl)cc3)OC2=O)c2ccccc21. The average Bonchev–Trinajstić information content (AvgIpc) is 3.35. The van der Waals surface area contributed by atoms with Crippen LogP contribution in [0, 0.1) is 11.3 Å². The van der Waals surface area contributed by atoms with Gasteiger partial charge in [-0.15, -0.1) is 0 Å². The lowest BCUT2D eigenvalue weighted by Gasteiger charge is -2.07. The van der Waals surface area contributed by atoms with Crippen LogP contribution in [-0.4, -0.2) is 10.5 Å². The molecular weight excluding hydrogens is 420 g/mol. The first-order valence-corrected chi connectivity index (χ1v) is 10.5.